The second kappa shape index (κ2) is 5.87. The predicted octanol–water partition coefficient (Wildman–Crippen LogP) is 2.00. The fraction of sp³-hybridized carbons (Fsp3) is 0.154. The summed E-state index contributed by atoms with van der Waals surface area (Å²) in [5.74, 6) is -1.03. The molecule has 1 heterocycles. The predicted molar refractivity (Wildman–Crippen MR) is 70.5 cm³/mol. The molecule has 20 heavy (non-hydrogen) atoms. The lowest BCUT2D eigenvalue weighted by atomic mass is 10.1. The van der Waals surface area contributed by atoms with E-state index in [4.69, 9.17) is 5.11 Å². The molecule has 2 rings (SSSR count). The molecule has 0 saturated heterocycles. The third kappa shape index (κ3) is 3.14. The lowest BCUT2D eigenvalue weighted by molar-refractivity contribution is 0.0696. The Morgan fingerprint density at radius 3 is 2.80 bits per heavy atom. The molecule has 7 nitrogen and oxygen atoms in total. The summed E-state index contributed by atoms with van der Waals surface area (Å²) < 4.78 is 4.64. The van der Waals surface area contributed by atoms with Crippen molar-refractivity contribution in [3.05, 3.63) is 47.3 Å². The molecule has 0 radical (unpaired) electrons. The number of amides is 2. The zero-order valence-electron chi connectivity index (χ0n) is 10.7. The molecule has 0 spiro atoms. The van der Waals surface area contributed by atoms with E-state index in [2.05, 4.69) is 20.3 Å². The molecule has 7 heteroatoms. The standard InChI is InChI=1S/C13H13N3O4/c1-8-10(12(17)18)3-2-4-11(8)15-13(19)14-7-9-5-6-20-16-9/h2-6H,7H2,1H3,(H,17,18)(H2,14,15,19). The summed E-state index contributed by atoms with van der Waals surface area (Å²) in [5.41, 5.74) is 1.69. The van der Waals surface area contributed by atoms with Gasteiger partial charge in [-0.3, -0.25) is 0 Å². The number of carboxylic acid groups (broad SMARTS) is 1. The summed E-state index contributed by atoms with van der Waals surface area (Å²) in [7, 11) is 0. The highest BCUT2D eigenvalue weighted by molar-refractivity contribution is 5.95. The summed E-state index contributed by atoms with van der Waals surface area (Å²) in [5, 5.41) is 17.8. The number of carbonyl (C=O) groups is 2. The van der Waals surface area contributed by atoms with Crippen molar-refractivity contribution >= 4 is 17.7 Å². The lowest BCUT2D eigenvalue weighted by Crippen LogP contribution is -2.28. The monoisotopic (exact) mass is 275 g/mol. The van der Waals surface area contributed by atoms with Crippen LogP contribution in [0.15, 0.2) is 35.1 Å². The molecule has 0 aliphatic carbocycles. The Labute approximate surface area is 114 Å². The van der Waals surface area contributed by atoms with Gasteiger partial charge in [0.1, 0.15) is 12.0 Å². The zero-order chi connectivity index (χ0) is 14.5. The van der Waals surface area contributed by atoms with Gasteiger partial charge in [0, 0.05) is 11.8 Å². The normalized spacial score (nSPS) is 10.1. The van der Waals surface area contributed by atoms with Crippen LogP contribution < -0.4 is 10.6 Å². The number of hydrogen-bond donors (Lipinski definition) is 3. The maximum absolute atomic E-state index is 11.7. The Kier molecular flexibility index (Phi) is 3.99. The summed E-state index contributed by atoms with van der Waals surface area (Å²) in [6.45, 7) is 1.86. The van der Waals surface area contributed by atoms with Crippen LogP contribution in [0, 0.1) is 6.92 Å². The molecule has 3 N–H and O–H groups in total. The molecule has 1 aromatic carbocycles. The van der Waals surface area contributed by atoms with Crippen molar-refractivity contribution in [1.29, 1.82) is 0 Å². The molecule has 0 atom stereocenters. The van der Waals surface area contributed by atoms with Gasteiger partial charge >= 0.3 is 12.0 Å². The van der Waals surface area contributed by atoms with E-state index in [1.54, 1.807) is 25.1 Å². The minimum absolute atomic E-state index is 0.152. The van der Waals surface area contributed by atoms with Crippen LogP contribution in [0.1, 0.15) is 21.6 Å². The number of aromatic carboxylic acids is 1. The van der Waals surface area contributed by atoms with Crippen LogP contribution in [0.25, 0.3) is 0 Å². The number of aromatic nitrogens is 1. The summed E-state index contributed by atoms with van der Waals surface area (Å²) >= 11 is 0. The second-order valence-corrected chi connectivity index (χ2v) is 4.08. The minimum Gasteiger partial charge on any atom is -0.478 e. The molecular formula is C13H13N3O4. The fourth-order valence-corrected chi connectivity index (χ4v) is 1.67. The first-order valence-electron chi connectivity index (χ1n) is 5.85. The van der Waals surface area contributed by atoms with Crippen LogP contribution in [0.5, 0.6) is 0 Å². The average Bonchev–Trinajstić information content (AvgIpc) is 2.91. The van der Waals surface area contributed by atoms with Gasteiger partial charge in [-0.25, -0.2) is 9.59 Å². The Hall–Kier alpha value is -2.83. The smallest absolute Gasteiger partial charge is 0.336 e. The van der Waals surface area contributed by atoms with E-state index in [9.17, 15) is 9.59 Å². The number of benzene rings is 1. The van der Waals surface area contributed by atoms with Gasteiger partial charge in [-0.1, -0.05) is 11.2 Å². The van der Waals surface area contributed by atoms with E-state index in [0.717, 1.165) is 0 Å². The topological polar surface area (TPSA) is 104 Å². The van der Waals surface area contributed by atoms with Gasteiger partial charge < -0.3 is 20.3 Å². The molecule has 104 valence electrons. The van der Waals surface area contributed by atoms with Crippen molar-refractivity contribution in [2.75, 3.05) is 5.32 Å². The summed E-state index contributed by atoms with van der Waals surface area (Å²) in [6, 6.07) is 5.88. The lowest BCUT2D eigenvalue weighted by Gasteiger charge is -2.10. The van der Waals surface area contributed by atoms with Gasteiger partial charge in [-0.05, 0) is 24.6 Å². The first kappa shape index (κ1) is 13.6. The summed E-state index contributed by atoms with van der Waals surface area (Å²) in [6.07, 6.45) is 1.41. The van der Waals surface area contributed by atoms with Crippen LogP contribution in [0.4, 0.5) is 10.5 Å². The van der Waals surface area contributed by atoms with E-state index in [-0.39, 0.29) is 12.1 Å². The van der Waals surface area contributed by atoms with Crippen molar-refractivity contribution in [3.63, 3.8) is 0 Å². The van der Waals surface area contributed by atoms with Gasteiger partial charge in [0.05, 0.1) is 12.1 Å². The van der Waals surface area contributed by atoms with E-state index in [1.807, 2.05) is 0 Å². The number of anilines is 1. The van der Waals surface area contributed by atoms with Gasteiger partial charge in [0.25, 0.3) is 0 Å². The number of carbonyl (C=O) groups excluding carboxylic acids is 1. The molecule has 1 aromatic heterocycles. The van der Waals surface area contributed by atoms with E-state index >= 15 is 0 Å². The Morgan fingerprint density at radius 1 is 1.35 bits per heavy atom. The fourth-order valence-electron chi connectivity index (χ4n) is 1.67. The molecule has 0 aliphatic rings. The number of nitrogens with zero attached hydrogens (tertiary/aromatic N) is 1. The van der Waals surface area contributed by atoms with Crippen LogP contribution in [-0.2, 0) is 6.54 Å². The zero-order valence-corrected chi connectivity index (χ0v) is 10.7. The van der Waals surface area contributed by atoms with Crippen molar-refractivity contribution in [3.8, 4) is 0 Å². The molecule has 2 aromatic rings. The molecule has 0 fully saturated rings. The molecule has 0 unspecified atom stereocenters. The average molecular weight is 275 g/mol. The highest BCUT2D eigenvalue weighted by Crippen LogP contribution is 2.18. The van der Waals surface area contributed by atoms with Crippen LogP contribution >= 0.6 is 0 Å². The highest BCUT2D eigenvalue weighted by atomic mass is 16.5. The third-order valence-electron chi connectivity index (χ3n) is 2.73. The molecule has 0 aliphatic heterocycles. The highest BCUT2D eigenvalue weighted by Gasteiger charge is 2.11. The molecular weight excluding hydrogens is 262 g/mol. The van der Waals surface area contributed by atoms with Crippen LogP contribution in [0.3, 0.4) is 0 Å². The second-order valence-electron chi connectivity index (χ2n) is 4.08. The van der Waals surface area contributed by atoms with Crippen molar-refractivity contribution in [1.82, 2.24) is 10.5 Å². The SMILES string of the molecule is Cc1c(NC(=O)NCc2ccon2)cccc1C(=O)O. The first-order valence-corrected chi connectivity index (χ1v) is 5.85. The Morgan fingerprint density at radius 2 is 2.15 bits per heavy atom. The minimum atomic E-state index is -1.03. The third-order valence-corrected chi connectivity index (χ3v) is 2.73. The van der Waals surface area contributed by atoms with Gasteiger partial charge in [-0.2, -0.15) is 0 Å². The molecule has 0 bridgehead atoms. The van der Waals surface area contributed by atoms with Crippen molar-refractivity contribution < 1.29 is 19.2 Å². The number of urea groups is 1. The number of hydrogen-bond acceptors (Lipinski definition) is 4. The molecule has 0 saturated carbocycles. The number of carboxylic acids is 1. The maximum atomic E-state index is 11.7. The van der Waals surface area contributed by atoms with Crippen LogP contribution in [-0.4, -0.2) is 22.3 Å². The van der Waals surface area contributed by atoms with Gasteiger partial charge in [-0.15, -0.1) is 0 Å². The van der Waals surface area contributed by atoms with Crippen molar-refractivity contribution in [2.24, 2.45) is 0 Å². The first-order chi connectivity index (χ1) is 9.58. The van der Waals surface area contributed by atoms with E-state index < -0.39 is 12.0 Å². The quantitative estimate of drug-likeness (QED) is 0.791. The van der Waals surface area contributed by atoms with Crippen molar-refractivity contribution in [2.45, 2.75) is 13.5 Å². The van der Waals surface area contributed by atoms with Gasteiger partial charge in [0.15, 0.2) is 0 Å². The Bertz CT molecular complexity index is 623. The Balaban J connectivity index is 2.01. The van der Waals surface area contributed by atoms with Crippen LogP contribution in [0.2, 0.25) is 0 Å². The van der Waals surface area contributed by atoms with E-state index in [1.165, 1.54) is 12.3 Å². The van der Waals surface area contributed by atoms with E-state index in [0.29, 0.717) is 16.9 Å². The molecule has 2 amide bonds. The summed E-state index contributed by atoms with van der Waals surface area (Å²) in [4.78, 5) is 22.7. The maximum Gasteiger partial charge on any atom is 0.336 e. The number of nitrogens with one attached hydrogen (secondary N) is 2. The number of rotatable bonds is 4. The van der Waals surface area contributed by atoms with Gasteiger partial charge in [0.2, 0.25) is 0 Å². The largest absolute Gasteiger partial charge is 0.478 e.